The number of urea groups is 1. The van der Waals surface area contributed by atoms with E-state index < -0.39 is 0 Å². The van der Waals surface area contributed by atoms with Crippen molar-refractivity contribution < 1.29 is 18.4 Å². The number of ether oxygens (including phenoxy) is 1. The first-order valence-corrected chi connectivity index (χ1v) is 7.57. The van der Waals surface area contributed by atoms with Crippen LogP contribution in [-0.4, -0.2) is 41.8 Å². The molecule has 2 amide bonds. The second kappa shape index (κ2) is 8.39. The van der Waals surface area contributed by atoms with Gasteiger partial charge in [-0.1, -0.05) is 17.3 Å². The molecule has 0 saturated heterocycles. The SMILES string of the molecule is COCCc1nc(CNC(=O)N(C)C(C)c2ccc(F)cc2)no1. The maximum Gasteiger partial charge on any atom is 0.318 e. The molecule has 24 heavy (non-hydrogen) atoms. The summed E-state index contributed by atoms with van der Waals surface area (Å²) in [5, 5.41) is 6.52. The Morgan fingerprint density at radius 3 is 2.79 bits per heavy atom. The van der Waals surface area contributed by atoms with Crippen LogP contribution in [0.15, 0.2) is 28.8 Å². The predicted octanol–water partition coefficient (Wildman–Crippen LogP) is 2.30. The van der Waals surface area contributed by atoms with Crippen molar-refractivity contribution >= 4 is 6.03 Å². The molecule has 2 rings (SSSR count). The first kappa shape index (κ1) is 17.9. The minimum Gasteiger partial charge on any atom is -0.384 e. The molecule has 8 heteroatoms. The van der Waals surface area contributed by atoms with Crippen molar-refractivity contribution in [3.8, 4) is 0 Å². The molecule has 0 fully saturated rings. The number of carbonyl (C=O) groups is 1. The molecule has 0 spiro atoms. The summed E-state index contributed by atoms with van der Waals surface area (Å²) in [7, 11) is 3.26. The topological polar surface area (TPSA) is 80.5 Å². The lowest BCUT2D eigenvalue weighted by Crippen LogP contribution is -2.38. The summed E-state index contributed by atoms with van der Waals surface area (Å²) in [5.41, 5.74) is 0.843. The van der Waals surface area contributed by atoms with E-state index in [-0.39, 0.29) is 24.4 Å². The number of rotatable bonds is 7. The number of nitrogens with zero attached hydrogens (tertiary/aromatic N) is 3. The highest BCUT2D eigenvalue weighted by molar-refractivity contribution is 5.74. The Balaban J connectivity index is 1.87. The van der Waals surface area contributed by atoms with Crippen LogP contribution in [0, 0.1) is 5.82 Å². The molecule has 1 N–H and O–H groups in total. The largest absolute Gasteiger partial charge is 0.384 e. The Morgan fingerprint density at radius 2 is 2.12 bits per heavy atom. The highest BCUT2D eigenvalue weighted by Crippen LogP contribution is 2.18. The Hall–Kier alpha value is -2.48. The van der Waals surface area contributed by atoms with Crippen LogP contribution in [0.2, 0.25) is 0 Å². The number of hydrogen-bond donors (Lipinski definition) is 1. The average molecular weight is 336 g/mol. The third kappa shape index (κ3) is 4.76. The summed E-state index contributed by atoms with van der Waals surface area (Å²) in [6, 6.07) is 5.58. The van der Waals surface area contributed by atoms with E-state index >= 15 is 0 Å². The van der Waals surface area contributed by atoms with E-state index in [1.807, 2.05) is 6.92 Å². The van der Waals surface area contributed by atoms with Gasteiger partial charge in [0.25, 0.3) is 0 Å². The third-order valence-corrected chi connectivity index (χ3v) is 3.68. The molecule has 1 atom stereocenters. The van der Waals surface area contributed by atoms with Gasteiger partial charge in [0.15, 0.2) is 5.82 Å². The van der Waals surface area contributed by atoms with E-state index in [9.17, 15) is 9.18 Å². The van der Waals surface area contributed by atoms with Crippen LogP contribution in [0.25, 0.3) is 0 Å². The Bertz CT molecular complexity index is 660. The molecule has 1 heterocycles. The van der Waals surface area contributed by atoms with Crippen molar-refractivity contribution in [3.05, 3.63) is 47.4 Å². The molecule has 2 aromatic rings. The quantitative estimate of drug-likeness (QED) is 0.839. The highest BCUT2D eigenvalue weighted by Gasteiger charge is 2.18. The fraction of sp³-hybridized carbons (Fsp3) is 0.438. The van der Waals surface area contributed by atoms with Gasteiger partial charge in [-0.05, 0) is 24.6 Å². The van der Waals surface area contributed by atoms with E-state index in [0.29, 0.717) is 24.7 Å². The lowest BCUT2D eigenvalue weighted by molar-refractivity contribution is 0.192. The normalized spacial score (nSPS) is 12.0. The molecular weight excluding hydrogens is 315 g/mol. The molecular formula is C16H21FN4O3. The molecule has 0 bridgehead atoms. The smallest absolute Gasteiger partial charge is 0.318 e. The summed E-state index contributed by atoms with van der Waals surface area (Å²) in [5.74, 6) is 0.561. The molecule has 1 aromatic carbocycles. The summed E-state index contributed by atoms with van der Waals surface area (Å²) >= 11 is 0. The van der Waals surface area contributed by atoms with Crippen molar-refractivity contribution in [1.29, 1.82) is 0 Å². The molecule has 0 aliphatic carbocycles. The minimum absolute atomic E-state index is 0.162. The van der Waals surface area contributed by atoms with Gasteiger partial charge in [-0.15, -0.1) is 0 Å². The zero-order chi connectivity index (χ0) is 17.5. The predicted molar refractivity (Wildman–Crippen MR) is 84.7 cm³/mol. The Labute approximate surface area is 139 Å². The monoisotopic (exact) mass is 336 g/mol. The van der Waals surface area contributed by atoms with E-state index in [4.69, 9.17) is 9.26 Å². The van der Waals surface area contributed by atoms with E-state index in [1.54, 1.807) is 26.3 Å². The minimum atomic E-state index is -0.306. The molecule has 0 radical (unpaired) electrons. The van der Waals surface area contributed by atoms with Gasteiger partial charge in [0.05, 0.1) is 25.6 Å². The number of carbonyl (C=O) groups excluding carboxylic acids is 1. The summed E-state index contributed by atoms with van der Waals surface area (Å²) in [4.78, 5) is 17.9. The molecule has 0 saturated carbocycles. The average Bonchev–Trinajstić information content (AvgIpc) is 3.05. The lowest BCUT2D eigenvalue weighted by Gasteiger charge is -2.25. The van der Waals surface area contributed by atoms with Crippen molar-refractivity contribution in [1.82, 2.24) is 20.4 Å². The van der Waals surface area contributed by atoms with Crippen molar-refractivity contribution in [2.75, 3.05) is 20.8 Å². The van der Waals surface area contributed by atoms with E-state index in [1.165, 1.54) is 17.0 Å². The van der Waals surface area contributed by atoms with Crippen molar-refractivity contribution in [2.24, 2.45) is 0 Å². The number of hydrogen-bond acceptors (Lipinski definition) is 5. The van der Waals surface area contributed by atoms with Crippen LogP contribution in [-0.2, 0) is 17.7 Å². The zero-order valence-corrected chi connectivity index (χ0v) is 14.0. The summed E-state index contributed by atoms with van der Waals surface area (Å²) in [6.45, 7) is 2.52. The second-order valence-electron chi connectivity index (χ2n) is 5.34. The van der Waals surface area contributed by atoms with E-state index in [0.717, 1.165) is 5.56 Å². The van der Waals surface area contributed by atoms with Crippen LogP contribution >= 0.6 is 0 Å². The standard InChI is InChI=1S/C16H21FN4O3/c1-11(12-4-6-13(17)7-5-12)21(2)16(22)18-10-14-19-15(24-20-14)8-9-23-3/h4-7,11H,8-10H2,1-3H3,(H,18,22). The number of amides is 2. The van der Waals surface area contributed by atoms with Crippen LogP contribution in [0.5, 0.6) is 0 Å². The van der Waals surface area contributed by atoms with Crippen LogP contribution in [0.3, 0.4) is 0 Å². The number of aromatic nitrogens is 2. The molecule has 1 unspecified atom stereocenters. The lowest BCUT2D eigenvalue weighted by atomic mass is 10.1. The van der Waals surface area contributed by atoms with Crippen molar-refractivity contribution in [3.63, 3.8) is 0 Å². The molecule has 7 nitrogen and oxygen atoms in total. The maximum atomic E-state index is 13.0. The Kier molecular flexibility index (Phi) is 6.25. The maximum absolute atomic E-state index is 13.0. The van der Waals surface area contributed by atoms with Gasteiger partial charge >= 0.3 is 6.03 Å². The van der Waals surface area contributed by atoms with Crippen LogP contribution in [0.1, 0.15) is 30.2 Å². The Morgan fingerprint density at radius 1 is 1.42 bits per heavy atom. The zero-order valence-electron chi connectivity index (χ0n) is 14.0. The van der Waals surface area contributed by atoms with Crippen LogP contribution < -0.4 is 5.32 Å². The van der Waals surface area contributed by atoms with Crippen LogP contribution in [0.4, 0.5) is 9.18 Å². The fourth-order valence-corrected chi connectivity index (χ4v) is 2.07. The number of halogens is 1. The second-order valence-corrected chi connectivity index (χ2v) is 5.34. The van der Waals surface area contributed by atoms with Gasteiger partial charge in [-0.2, -0.15) is 4.98 Å². The first-order chi connectivity index (χ1) is 11.5. The van der Waals surface area contributed by atoms with Gasteiger partial charge in [0, 0.05) is 14.2 Å². The number of benzene rings is 1. The number of nitrogens with one attached hydrogen (secondary N) is 1. The van der Waals surface area contributed by atoms with Gasteiger partial charge in [0.2, 0.25) is 5.89 Å². The number of methoxy groups -OCH3 is 1. The molecule has 1 aromatic heterocycles. The van der Waals surface area contributed by atoms with Gasteiger partial charge in [-0.25, -0.2) is 9.18 Å². The molecule has 0 aliphatic heterocycles. The van der Waals surface area contributed by atoms with Gasteiger partial charge in [-0.3, -0.25) is 0 Å². The summed E-state index contributed by atoms with van der Waals surface area (Å²) in [6.07, 6.45) is 0.527. The highest BCUT2D eigenvalue weighted by atomic mass is 19.1. The van der Waals surface area contributed by atoms with Crippen molar-refractivity contribution in [2.45, 2.75) is 25.9 Å². The fourth-order valence-electron chi connectivity index (χ4n) is 2.07. The summed E-state index contributed by atoms with van der Waals surface area (Å²) < 4.78 is 23.0. The first-order valence-electron chi connectivity index (χ1n) is 7.57. The molecule has 0 aliphatic rings. The molecule has 130 valence electrons. The third-order valence-electron chi connectivity index (χ3n) is 3.68. The van der Waals surface area contributed by atoms with E-state index in [2.05, 4.69) is 15.5 Å². The van der Waals surface area contributed by atoms with Gasteiger partial charge in [0.1, 0.15) is 5.82 Å². The van der Waals surface area contributed by atoms with Gasteiger partial charge < -0.3 is 19.5 Å².